The van der Waals surface area contributed by atoms with Crippen molar-refractivity contribution in [3.63, 3.8) is 0 Å². The lowest BCUT2D eigenvalue weighted by atomic mass is 10.3. The lowest BCUT2D eigenvalue weighted by molar-refractivity contribution is -0.0328. The highest BCUT2D eigenvalue weighted by Crippen LogP contribution is 2.37. The molecule has 1 aromatic rings. The Labute approximate surface area is 110 Å². The zero-order valence-electron chi connectivity index (χ0n) is 9.15. The second-order valence-corrected chi connectivity index (χ2v) is 4.84. The highest BCUT2D eigenvalue weighted by molar-refractivity contribution is 8.13. The standard InChI is InChI=1S/C10H8F3N3S2/c1-17-9(15-6-14)16-7-3-2-4-8(5-7)18-10(11,12)13/h2-5H,1H3,(H,15,16). The van der Waals surface area contributed by atoms with Crippen molar-refractivity contribution in [2.45, 2.75) is 10.4 Å². The van der Waals surface area contributed by atoms with Crippen LogP contribution in [0.15, 0.2) is 34.2 Å². The molecule has 0 radical (unpaired) electrons. The van der Waals surface area contributed by atoms with Crippen molar-refractivity contribution < 1.29 is 13.2 Å². The van der Waals surface area contributed by atoms with Crippen molar-refractivity contribution in [2.24, 2.45) is 4.99 Å². The summed E-state index contributed by atoms with van der Waals surface area (Å²) in [6, 6.07) is 5.72. The first kappa shape index (κ1) is 14.7. The van der Waals surface area contributed by atoms with Crippen LogP contribution in [0.1, 0.15) is 0 Å². The predicted molar refractivity (Wildman–Crippen MR) is 67.7 cm³/mol. The van der Waals surface area contributed by atoms with Gasteiger partial charge in [0.2, 0.25) is 0 Å². The van der Waals surface area contributed by atoms with Crippen molar-refractivity contribution in [3.8, 4) is 6.19 Å². The van der Waals surface area contributed by atoms with E-state index in [0.29, 0.717) is 10.9 Å². The third-order valence-electron chi connectivity index (χ3n) is 1.64. The maximum absolute atomic E-state index is 12.2. The molecule has 0 saturated heterocycles. The number of nitrogens with one attached hydrogen (secondary N) is 1. The molecule has 0 bridgehead atoms. The maximum Gasteiger partial charge on any atom is 0.446 e. The van der Waals surface area contributed by atoms with Gasteiger partial charge in [-0.05, 0) is 36.2 Å². The molecule has 0 amide bonds. The molecule has 0 saturated carbocycles. The van der Waals surface area contributed by atoms with E-state index in [2.05, 4.69) is 10.3 Å². The van der Waals surface area contributed by atoms with Crippen molar-refractivity contribution >= 4 is 34.4 Å². The summed E-state index contributed by atoms with van der Waals surface area (Å²) in [5, 5.41) is 11.1. The summed E-state index contributed by atoms with van der Waals surface area (Å²) in [6.45, 7) is 0. The Morgan fingerprint density at radius 2 is 2.17 bits per heavy atom. The van der Waals surface area contributed by atoms with Gasteiger partial charge < -0.3 is 0 Å². The number of nitriles is 1. The van der Waals surface area contributed by atoms with Crippen molar-refractivity contribution in [3.05, 3.63) is 24.3 Å². The van der Waals surface area contributed by atoms with Crippen molar-refractivity contribution in [1.29, 1.82) is 5.26 Å². The summed E-state index contributed by atoms with van der Waals surface area (Å²) in [7, 11) is 0. The fourth-order valence-corrected chi connectivity index (χ4v) is 1.98. The molecule has 1 aromatic carbocycles. The predicted octanol–water partition coefficient (Wildman–Crippen LogP) is 3.72. The van der Waals surface area contributed by atoms with Crippen molar-refractivity contribution in [2.75, 3.05) is 6.26 Å². The summed E-state index contributed by atoms with van der Waals surface area (Å²) in [5.74, 6) is 0. The average molecular weight is 291 g/mol. The number of rotatable bonds is 2. The number of halogens is 3. The molecule has 1 rings (SSSR count). The van der Waals surface area contributed by atoms with Gasteiger partial charge in [-0.1, -0.05) is 17.8 Å². The zero-order chi connectivity index (χ0) is 13.6. The molecule has 8 heteroatoms. The van der Waals surface area contributed by atoms with E-state index in [4.69, 9.17) is 5.26 Å². The van der Waals surface area contributed by atoms with Gasteiger partial charge >= 0.3 is 5.51 Å². The van der Waals surface area contributed by atoms with Crippen LogP contribution in [0, 0.1) is 11.5 Å². The van der Waals surface area contributed by atoms with Gasteiger partial charge in [-0.3, -0.25) is 5.32 Å². The van der Waals surface area contributed by atoms with Gasteiger partial charge in [0, 0.05) is 4.90 Å². The first-order valence-electron chi connectivity index (χ1n) is 4.58. The second-order valence-electron chi connectivity index (χ2n) is 2.90. The number of thioether (sulfide) groups is 2. The fourth-order valence-electron chi connectivity index (χ4n) is 1.04. The average Bonchev–Trinajstić information content (AvgIpc) is 2.26. The molecule has 0 atom stereocenters. The summed E-state index contributed by atoms with van der Waals surface area (Å²) in [5.41, 5.74) is -3.97. The monoisotopic (exact) mass is 291 g/mol. The summed E-state index contributed by atoms with van der Waals surface area (Å²) in [4.78, 5) is 4.08. The Morgan fingerprint density at radius 1 is 1.44 bits per heavy atom. The molecule has 0 aliphatic rings. The largest absolute Gasteiger partial charge is 0.446 e. The van der Waals surface area contributed by atoms with E-state index in [9.17, 15) is 13.2 Å². The van der Waals surface area contributed by atoms with Crippen LogP contribution < -0.4 is 5.32 Å². The molecule has 0 aliphatic carbocycles. The molecule has 0 aliphatic heterocycles. The molecule has 18 heavy (non-hydrogen) atoms. The highest BCUT2D eigenvalue weighted by atomic mass is 32.2. The van der Waals surface area contributed by atoms with Gasteiger partial charge in [0.25, 0.3) is 0 Å². The normalized spacial score (nSPS) is 12.1. The zero-order valence-corrected chi connectivity index (χ0v) is 10.8. The number of nitrogens with zero attached hydrogens (tertiary/aromatic N) is 2. The van der Waals surface area contributed by atoms with E-state index in [-0.39, 0.29) is 16.7 Å². The van der Waals surface area contributed by atoms with E-state index in [1.54, 1.807) is 18.5 Å². The molecule has 0 heterocycles. The lowest BCUT2D eigenvalue weighted by Crippen LogP contribution is -2.12. The topological polar surface area (TPSA) is 48.2 Å². The lowest BCUT2D eigenvalue weighted by Gasteiger charge is -2.06. The highest BCUT2D eigenvalue weighted by Gasteiger charge is 2.29. The van der Waals surface area contributed by atoms with Gasteiger partial charge in [0.15, 0.2) is 11.4 Å². The number of hydrogen-bond donors (Lipinski definition) is 1. The van der Waals surface area contributed by atoms with Crippen LogP contribution in [-0.2, 0) is 0 Å². The van der Waals surface area contributed by atoms with Crippen LogP contribution in [0.4, 0.5) is 18.9 Å². The van der Waals surface area contributed by atoms with Gasteiger partial charge in [0.1, 0.15) is 0 Å². The minimum Gasteiger partial charge on any atom is -0.271 e. The second kappa shape index (κ2) is 6.56. The maximum atomic E-state index is 12.2. The quantitative estimate of drug-likeness (QED) is 0.296. The minimum atomic E-state index is -4.32. The summed E-state index contributed by atoms with van der Waals surface area (Å²) < 4.78 is 36.6. The van der Waals surface area contributed by atoms with Crippen LogP contribution in [0.5, 0.6) is 0 Å². The van der Waals surface area contributed by atoms with Crippen LogP contribution in [0.2, 0.25) is 0 Å². The van der Waals surface area contributed by atoms with E-state index in [0.717, 1.165) is 0 Å². The molecule has 0 spiro atoms. The third kappa shape index (κ3) is 5.33. The SMILES string of the molecule is CSC(=Nc1cccc(SC(F)(F)F)c1)NC#N. The molecule has 1 N–H and O–H groups in total. The number of amidine groups is 1. The van der Waals surface area contributed by atoms with Crippen molar-refractivity contribution in [1.82, 2.24) is 5.32 Å². The first-order valence-corrected chi connectivity index (χ1v) is 6.62. The summed E-state index contributed by atoms with van der Waals surface area (Å²) in [6.07, 6.45) is 3.41. The molecule has 0 aromatic heterocycles. The smallest absolute Gasteiger partial charge is 0.271 e. The third-order valence-corrected chi connectivity index (χ3v) is 2.94. The summed E-state index contributed by atoms with van der Waals surface area (Å²) >= 11 is 0.997. The van der Waals surface area contributed by atoms with E-state index >= 15 is 0 Å². The van der Waals surface area contributed by atoms with Gasteiger partial charge in [-0.15, -0.1) is 0 Å². The van der Waals surface area contributed by atoms with Gasteiger partial charge in [-0.25, -0.2) is 4.99 Å². The van der Waals surface area contributed by atoms with E-state index in [1.807, 2.05) is 0 Å². The van der Waals surface area contributed by atoms with Gasteiger partial charge in [0.05, 0.1) is 5.69 Å². The van der Waals surface area contributed by atoms with Crippen LogP contribution >= 0.6 is 23.5 Å². The number of aliphatic imine (C=N–C) groups is 1. The molecular formula is C10H8F3N3S2. The minimum absolute atomic E-state index is 0.0566. The van der Waals surface area contributed by atoms with Crippen LogP contribution in [-0.4, -0.2) is 16.9 Å². The van der Waals surface area contributed by atoms with Crippen LogP contribution in [0.25, 0.3) is 0 Å². The number of hydrogen-bond acceptors (Lipinski definition) is 4. The molecular weight excluding hydrogens is 283 g/mol. The Balaban J connectivity index is 2.92. The molecule has 3 nitrogen and oxygen atoms in total. The van der Waals surface area contributed by atoms with Gasteiger partial charge in [-0.2, -0.15) is 18.4 Å². The Bertz CT molecular complexity index is 480. The molecule has 96 valence electrons. The van der Waals surface area contributed by atoms with E-state index < -0.39 is 5.51 Å². The first-order chi connectivity index (χ1) is 8.44. The Morgan fingerprint density at radius 3 is 2.72 bits per heavy atom. The van der Waals surface area contributed by atoms with Crippen LogP contribution in [0.3, 0.4) is 0 Å². The Kier molecular flexibility index (Phi) is 5.37. The Hall–Kier alpha value is -1.33. The molecule has 0 fully saturated rings. The number of benzene rings is 1. The molecule has 0 unspecified atom stereocenters. The van der Waals surface area contributed by atoms with E-state index in [1.165, 1.54) is 30.0 Å². The fraction of sp³-hybridized carbons (Fsp3) is 0.200. The number of alkyl halides is 3.